The van der Waals surface area contributed by atoms with Crippen LogP contribution in [-0.2, 0) is 9.31 Å². The fraction of sp³-hybridized carbons (Fsp3) is 1.00. The van der Waals surface area contributed by atoms with Gasteiger partial charge in [0, 0.05) is 8.07 Å². The minimum atomic E-state index is -1.06. The lowest BCUT2D eigenvalue weighted by Crippen LogP contribution is -2.44. The van der Waals surface area contributed by atoms with Gasteiger partial charge in [0.25, 0.3) is 0 Å². The highest BCUT2D eigenvalue weighted by Gasteiger charge is 2.58. The Labute approximate surface area is 108 Å². The van der Waals surface area contributed by atoms with E-state index < -0.39 is 8.07 Å². The largest absolute Gasteiger partial charge is 0.461 e. The van der Waals surface area contributed by atoms with Crippen molar-refractivity contribution in [2.24, 2.45) is 0 Å². The van der Waals surface area contributed by atoms with Crippen LogP contribution in [0.5, 0.6) is 0 Å². The first-order chi connectivity index (χ1) is 7.55. The fourth-order valence-corrected chi connectivity index (χ4v) is 5.63. The van der Waals surface area contributed by atoms with Crippen LogP contribution in [0.25, 0.3) is 0 Å². The van der Waals surface area contributed by atoms with E-state index in [4.69, 9.17) is 9.31 Å². The Kier molecular flexibility index (Phi) is 3.08. The highest BCUT2D eigenvalue weighted by molar-refractivity contribution is 6.79. The van der Waals surface area contributed by atoms with Gasteiger partial charge in [-0.3, -0.25) is 0 Å². The second-order valence-corrected chi connectivity index (χ2v) is 13.3. The highest BCUT2D eigenvalue weighted by Crippen LogP contribution is 2.55. The van der Waals surface area contributed by atoms with Crippen LogP contribution in [0.3, 0.4) is 0 Å². The average Bonchev–Trinajstić information content (AvgIpc) is 2.12. The molecule has 2 aliphatic rings. The Morgan fingerprint density at radius 3 is 1.71 bits per heavy atom. The van der Waals surface area contributed by atoms with E-state index in [1.54, 1.807) is 0 Å². The van der Waals surface area contributed by atoms with E-state index in [0.29, 0.717) is 5.82 Å². The summed E-state index contributed by atoms with van der Waals surface area (Å²) < 4.78 is 12.4. The molecule has 1 heterocycles. The Balaban J connectivity index is 2.07. The van der Waals surface area contributed by atoms with Gasteiger partial charge < -0.3 is 9.31 Å². The van der Waals surface area contributed by atoms with Crippen LogP contribution < -0.4 is 0 Å². The monoisotopic (exact) mass is 254 g/mol. The van der Waals surface area contributed by atoms with Gasteiger partial charge in [-0.1, -0.05) is 32.5 Å². The van der Waals surface area contributed by atoms with Crippen LogP contribution in [0, 0.1) is 0 Å². The lowest BCUT2D eigenvalue weighted by atomic mass is 9.60. The molecule has 1 aliphatic carbocycles. The summed E-state index contributed by atoms with van der Waals surface area (Å²) in [4.78, 5) is 0. The van der Waals surface area contributed by atoms with Crippen molar-refractivity contribution < 1.29 is 9.31 Å². The first kappa shape index (κ1) is 13.6. The second-order valence-electron chi connectivity index (χ2n) is 7.84. The van der Waals surface area contributed by atoms with E-state index in [9.17, 15) is 0 Å². The normalized spacial score (nSPS) is 35.8. The van der Waals surface area contributed by atoms with Crippen LogP contribution in [-0.4, -0.2) is 26.4 Å². The molecule has 2 fully saturated rings. The Hall–Kier alpha value is 0.202. The first-order valence-electron chi connectivity index (χ1n) is 6.90. The molecule has 17 heavy (non-hydrogen) atoms. The van der Waals surface area contributed by atoms with Gasteiger partial charge in [-0.2, -0.15) is 0 Å². The molecule has 0 spiro atoms. The topological polar surface area (TPSA) is 18.5 Å². The van der Waals surface area contributed by atoms with Gasteiger partial charge in [-0.25, -0.2) is 0 Å². The van der Waals surface area contributed by atoms with E-state index in [1.807, 2.05) is 0 Å². The van der Waals surface area contributed by atoms with Gasteiger partial charge in [0.2, 0.25) is 0 Å². The highest BCUT2D eigenvalue weighted by atomic mass is 28.3. The van der Waals surface area contributed by atoms with Crippen LogP contribution in [0.15, 0.2) is 0 Å². The molecule has 0 amide bonds. The van der Waals surface area contributed by atoms with Crippen LogP contribution in [0.1, 0.15) is 40.5 Å². The lowest BCUT2D eigenvalue weighted by Gasteiger charge is -2.45. The van der Waals surface area contributed by atoms with Gasteiger partial charge in [0.1, 0.15) is 0 Å². The van der Waals surface area contributed by atoms with Gasteiger partial charge in [-0.05, 0) is 39.1 Å². The van der Waals surface area contributed by atoms with E-state index in [-0.39, 0.29) is 18.3 Å². The minimum absolute atomic E-state index is 0.0328. The predicted octanol–water partition coefficient (Wildman–Crippen LogP) is 3.95. The summed E-state index contributed by atoms with van der Waals surface area (Å²) in [6.45, 7) is 16.0. The molecule has 0 unspecified atom stereocenters. The van der Waals surface area contributed by atoms with Gasteiger partial charge >= 0.3 is 7.12 Å². The number of hydrogen-bond acceptors (Lipinski definition) is 2. The number of hydrogen-bond donors (Lipinski definition) is 0. The van der Waals surface area contributed by atoms with Crippen molar-refractivity contribution in [2.75, 3.05) is 0 Å². The molecule has 1 saturated heterocycles. The molecule has 0 aromatic carbocycles. The molecule has 2 nitrogen and oxygen atoms in total. The van der Waals surface area contributed by atoms with Crippen molar-refractivity contribution >= 4 is 15.2 Å². The molecule has 0 aromatic rings. The Morgan fingerprint density at radius 2 is 1.41 bits per heavy atom. The molecule has 0 bridgehead atoms. The molecule has 0 N–H and O–H groups in total. The number of rotatable bonds is 2. The maximum Gasteiger partial charge on any atom is 0.461 e. The molecule has 1 aliphatic heterocycles. The lowest BCUT2D eigenvalue weighted by molar-refractivity contribution is 0.00578. The third-order valence-electron chi connectivity index (χ3n) is 5.06. The van der Waals surface area contributed by atoms with E-state index >= 15 is 0 Å². The summed E-state index contributed by atoms with van der Waals surface area (Å²) in [5, 5.41) is 0. The van der Waals surface area contributed by atoms with E-state index in [0.717, 1.165) is 5.54 Å². The predicted molar refractivity (Wildman–Crippen MR) is 76.2 cm³/mol. The summed E-state index contributed by atoms with van der Waals surface area (Å²) in [6.07, 6.45) is 2.66. The standard InChI is InChI=1S/C13H27BO2Si/c1-12(2)13(3,4)16-14(15-12)10-8-9-11(10)17(5,6)7/h10-11H,8-9H2,1-7H3/t10-,11-/m1/s1. The van der Waals surface area contributed by atoms with Crippen molar-refractivity contribution in [2.45, 2.75) is 82.7 Å². The van der Waals surface area contributed by atoms with Crippen molar-refractivity contribution in [3.05, 3.63) is 0 Å². The van der Waals surface area contributed by atoms with E-state index in [1.165, 1.54) is 12.8 Å². The zero-order chi connectivity index (χ0) is 13.1. The summed E-state index contributed by atoms with van der Waals surface area (Å²) in [6, 6.07) is 0. The molecule has 0 radical (unpaired) electrons. The summed E-state index contributed by atoms with van der Waals surface area (Å²) in [5.74, 6) is 0.641. The van der Waals surface area contributed by atoms with Crippen LogP contribution >= 0.6 is 0 Å². The van der Waals surface area contributed by atoms with Gasteiger partial charge in [0.05, 0.1) is 11.2 Å². The van der Waals surface area contributed by atoms with Crippen molar-refractivity contribution in [1.29, 1.82) is 0 Å². The SMILES string of the molecule is CC1(C)OB([C@@H]2CC[C@H]2[Si](C)(C)C)OC1(C)C. The van der Waals surface area contributed by atoms with Crippen LogP contribution in [0.2, 0.25) is 31.0 Å². The summed E-state index contributed by atoms with van der Waals surface area (Å²) in [7, 11) is -1.02. The Morgan fingerprint density at radius 1 is 0.941 bits per heavy atom. The molecule has 98 valence electrons. The van der Waals surface area contributed by atoms with Crippen molar-refractivity contribution in [1.82, 2.24) is 0 Å². The average molecular weight is 254 g/mol. The zero-order valence-corrected chi connectivity index (χ0v) is 13.5. The molecule has 2 atom stereocenters. The van der Waals surface area contributed by atoms with Gasteiger partial charge in [0.15, 0.2) is 0 Å². The molecular weight excluding hydrogens is 227 g/mol. The Bertz CT molecular complexity index is 293. The first-order valence-corrected chi connectivity index (χ1v) is 10.5. The third-order valence-corrected chi connectivity index (χ3v) is 8.00. The van der Waals surface area contributed by atoms with E-state index in [2.05, 4.69) is 47.3 Å². The van der Waals surface area contributed by atoms with Gasteiger partial charge in [-0.15, -0.1) is 0 Å². The smallest absolute Gasteiger partial charge is 0.403 e. The minimum Gasteiger partial charge on any atom is -0.403 e. The van der Waals surface area contributed by atoms with Crippen molar-refractivity contribution in [3.63, 3.8) is 0 Å². The summed E-state index contributed by atoms with van der Waals surface area (Å²) >= 11 is 0. The third kappa shape index (κ3) is 2.24. The summed E-state index contributed by atoms with van der Waals surface area (Å²) in [5.41, 5.74) is 0.534. The zero-order valence-electron chi connectivity index (χ0n) is 12.5. The molecular formula is C13H27BO2Si. The maximum atomic E-state index is 6.19. The fourth-order valence-electron chi connectivity index (χ4n) is 2.99. The molecule has 1 saturated carbocycles. The van der Waals surface area contributed by atoms with Crippen molar-refractivity contribution in [3.8, 4) is 0 Å². The maximum absolute atomic E-state index is 6.19. The molecule has 4 heteroatoms. The molecule has 2 rings (SSSR count). The second kappa shape index (κ2) is 3.85. The van der Waals surface area contributed by atoms with Crippen LogP contribution in [0.4, 0.5) is 0 Å². The quantitative estimate of drug-likeness (QED) is 0.695. The molecule has 0 aromatic heterocycles.